The van der Waals surface area contributed by atoms with E-state index in [1.807, 2.05) is 30.3 Å². The van der Waals surface area contributed by atoms with Gasteiger partial charge in [-0.1, -0.05) is 72.6 Å². The number of piperidine rings is 1. The van der Waals surface area contributed by atoms with E-state index in [1.165, 1.54) is 10.4 Å². The first-order valence-electron chi connectivity index (χ1n) is 14.6. The van der Waals surface area contributed by atoms with Crippen LogP contribution in [-0.2, 0) is 32.8 Å². The van der Waals surface area contributed by atoms with Gasteiger partial charge in [0.25, 0.3) is 0 Å². The van der Waals surface area contributed by atoms with Gasteiger partial charge in [0.2, 0.25) is 17.2 Å². The van der Waals surface area contributed by atoms with Crippen molar-refractivity contribution in [1.29, 1.82) is 0 Å². The Morgan fingerprint density at radius 2 is 1.80 bits per heavy atom. The van der Waals surface area contributed by atoms with Crippen molar-refractivity contribution < 1.29 is 27.8 Å². The van der Waals surface area contributed by atoms with E-state index in [4.69, 9.17) is 23.2 Å². The molecule has 0 radical (unpaired) electrons. The number of halogens is 3. The molecule has 44 heavy (non-hydrogen) atoms. The van der Waals surface area contributed by atoms with Gasteiger partial charge < -0.3 is 10.4 Å². The maximum absolute atomic E-state index is 14.7. The van der Waals surface area contributed by atoms with Gasteiger partial charge >= 0.3 is 5.97 Å². The van der Waals surface area contributed by atoms with Gasteiger partial charge in [-0.15, -0.1) is 0 Å². The first kappa shape index (κ1) is 32.6. The molecule has 1 heterocycles. The van der Waals surface area contributed by atoms with Crippen LogP contribution in [-0.4, -0.2) is 42.6 Å². The van der Waals surface area contributed by atoms with Crippen LogP contribution in [0.3, 0.4) is 0 Å². The minimum atomic E-state index is -2.47. The molecule has 3 N–H and O–H groups in total. The standard InChI is InChI=1S/C33H35Cl2FN2O5S/c1-32(20-30(39)40)18-27(22-6-4-7-26(35)17-22)29(37-31(32)41)19-33(23-9-10-23,24-11-13-25(34)14-12-24)38(44(42)43)16-15-21-5-2-3-8-28(21)36/h2-8,11-14,17,23,27,29H,9-10,15-16,18-20H2,1H3,(H,37,41)(H,39,40)(H,42,43)/t27-,29+,32+,33+/m1/s1. The molecule has 5 rings (SSSR count). The molecule has 11 heteroatoms. The summed E-state index contributed by atoms with van der Waals surface area (Å²) in [6.07, 6.45) is 1.91. The monoisotopic (exact) mass is 660 g/mol. The Bertz CT molecular complexity index is 1560. The van der Waals surface area contributed by atoms with E-state index in [1.54, 1.807) is 43.3 Å². The number of nitrogens with zero attached hydrogens (tertiary/aromatic N) is 1. The molecule has 1 aliphatic heterocycles. The number of aliphatic carboxylic acids is 1. The van der Waals surface area contributed by atoms with Crippen molar-refractivity contribution in [2.45, 2.75) is 62.9 Å². The van der Waals surface area contributed by atoms with Crippen LogP contribution in [0.4, 0.5) is 4.39 Å². The SMILES string of the molecule is C[C@@]1(CC(=O)O)C[C@H](c2cccc(Cl)c2)[C@H](C[C@@](c2ccc(Cl)cc2)(C2CC2)N(CCc2ccccc2F)S(=O)O)NC1=O. The third kappa shape index (κ3) is 6.87. The normalized spacial score (nSPS) is 24.0. The highest BCUT2D eigenvalue weighted by Gasteiger charge is 2.56. The molecule has 1 saturated heterocycles. The first-order chi connectivity index (χ1) is 20.9. The molecule has 0 spiro atoms. The summed E-state index contributed by atoms with van der Waals surface area (Å²) in [6, 6.07) is 20.3. The Morgan fingerprint density at radius 1 is 1.09 bits per heavy atom. The van der Waals surface area contributed by atoms with Gasteiger partial charge in [0.1, 0.15) is 5.82 Å². The highest BCUT2D eigenvalue weighted by atomic mass is 35.5. The summed E-state index contributed by atoms with van der Waals surface area (Å²) in [5, 5.41) is 13.8. The molecule has 1 saturated carbocycles. The quantitative estimate of drug-likeness (QED) is 0.182. The predicted octanol–water partition coefficient (Wildman–Crippen LogP) is 6.96. The lowest BCUT2D eigenvalue weighted by molar-refractivity contribution is -0.147. The molecule has 0 bridgehead atoms. The molecule has 2 aliphatic rings. The average Bonchev–Trinajstić information content (AvgIpc) is 3.81. The second-order valence-corrected chi connectivity index (χ2v) is 13.9. The number of carbonyl (C=O) groups is 2. The van der Waals surface area contributed by atoms with Gasteiger partial charge in [-0.25, -0.2) is 8.60 Å². The zero-order valence-electron chi connectivity index (χ0n) is 24.2. The van der Waals surface area contributed by atoms with Gasteiger partial charge in [0.15, 0.2) is 0 Å². The lowest BCUT2D eigenvalue weighted by Gasteiger charge is -2.49. The van der Waals surface area contributed by atoms with Crippen LogP contribution in [0.15, 0.2) is 72.8 Å². The summed E-state index contributed by atoms with van der Waals surface area (Å²) in [7, 11) is 0. The van der Waals surface area contributed by atoms with Crippen LogP contribution in [0.1, 0.15) is 61.6 Å². The number of amides is 1. The summed E-state index contributed by atoms with van der Waals surface area (Å²) in [5.41, 5.74) is -0.190. The fraction of sp³-hybridized carbons (Fsp3) is 0.394. The van der Waals surface area contributed by atoms with Crippen molar-refractivity contribution in [2.24, 2.45) is 11.3 Å². The molecule has 234 valence electrons. The van der Waals surface area contributed by atoms with Gasteiger partial charge in [-0.05, 0) is 85.0 Å². The van der Waals surface area contributed by atoms with Crippen molar-refractivity contribution in [1.82, 2.24) is 9.62 Å². The summed E-state index contributed by atoms with van der Waals surface area (Å²) in [4.78, 5) is 25.4. The second kappa shape index (κ2) is 13.3. The van der Waals surface area contributed by atoms with Crippen LogP contribution < -0.4 is 5.32 Å². The number of carbonyl (C=O) groups excluding carboxylic acids is 1. The number of benzene rings is 3. The van der Waals surface area contributed by atoms with Crippen molar-refractivity contribution in [2.75, 3.05) is 6.54 Å². The highest BCUT2D eigenvalue weighted by molar-refractivity contribution is 7.76. The molecule has 7 nitrogen and oxygen atoms in total. The maximum atomic E-state index is 14.7. The molecule has 3 aromatic rings. The predicted molar refractivity (Wildman–Crippen MR) is 169 cm³/mol. The third-order valence-electron chi connectivity index (χ3n) is 9.14. The molecular weight excluding hydrogens is 626 g/mol. The Kier molecular flexibility index (Phi) is 9.82. The average molecular weight is 662 g/mol. The molecule has 5 atom stereocenters. The Morgan fingerprint density at radius 3 is 2.41 bits per heavy atom. The Labute approximate surface area is 269 Å². The van der Waals surface area contributed by atoms with E-state index in [9.17, 15) is 27.8 Å². The van der Waals surface area contributed by atoms with E-state index in [-0.39, 0.29) is 50.0 Å². The lowest BCUT2D eigenvalue weighted by Crippen LogP contribution is -2.59. The molecular formula is C33H35Cl2FN2O5S. The number of carboxylic acid groups (broad SMARTS) is 1. The second-order valence-electron chi connectivity index (χ2n) is 12.2. The van der Waals surface area contributed by atoms with E-state index in [0.717, 1.165) is 24.0 Å². The summed E-state index contributed by atoms with van der Waals surface area (Å²) in [6.45, 7) is 1.73. The molecule has 1 amide bonds. The van der Waals surface area contributed by atoms with Crippen LogP contribution >= 0.6 is 23.2 Å². The number of rotatable bonds is 12. The lowest BCUT2D eigenvalue weighted by atomic mass is 9.66. The number of hydrogen-bond donors (Lipinski definition) is 3. The number of nitrogens with one attached hydrogen (secondary N) is 1. The minimum absolute atomic E-state index is 0.0374. The number of hydrogen-bond acceptors (Lipinski definition) is 3. The van der Waals surface area contributed by atoms with Gasteiger partial charge in [0, 0.05) is 28.5 Å². The van der Waals surface area contributed by atoms with Crippen LogP contribution in [0.2, 0.25) is 10.0 Å². The molecule has 3 aromatic carbocycles. The fourth-order valence-corrected chi connectivity index (χ4v) is 8.05. The molecule has 1 aliphatic carbocycles. The molecule has 1 unspecified atom stereocenters. The van der Waals surface area contributed by atoms with Crippen LogP contribution in [0, 0.1) is 17.2 Å². The van der Waals surface area contributed by atoms with E-state index in [2.05, 4.69) is 5.32 Å². The Hall–Kier alpha value is -2.82. The molecule has 0 aromatic heterocycles. The third-order valence-corrected chi connectivity index (χ3v) is 10.5. The Balaban J connectivity index is 1.61. The summed E-state index contributed by atoms with van der Waals surface area (Å²) < 4.78 is 40.4. The molecule has 2 fully saturated rings. The maximum Gasteiger partial charge on any atom is 0.304 e. The van der Waals surface area contributed by atoms with Crippen molar-refractivity contribution in [3.8, 4) is 0 Å². The summed E-state index contributed by atoms with van der Waals surface area (Å²) in [5.74, 6) is -2.23. The zero-order chi connectivity index (χ0) is 31.6. The first-order valence-corrected chi connectivity index (χ1v) is 16.4. The van der Waals surface area contributed by atoms with Gasteiger partial charge in [-0.2, -0.15) is 4.31 Å². The topological polar surface area (TPSA) is 107 Å². The summed E-state index contributed by atoms with van der Waals surface area (Å²) >= 11 is 10.2. The zero-order valence-corrected chi connectivity index (χ0v) is 26.5. The van der Waals surface area contributed by atoms with E-state index >= 15 is 0 Å². The fourth-order valence-electron chi connectivity index (χ4n) is 6.87. The van der Waals surface area contributed by atoms with Crippen molar-refractivity contribution >= 4 is 46.3 Å². The largest absolute Gasteiger partial charge is 0.481 e. The van der Waals surface area contributed by atoms with Crippen LogP contribution in [0.25, 0.3) is 0 Å². The van der Waals surface area contributed by atoms with Gasteiger partial charge in [-0.3, -0.25) is 14.1 Å². The van der Waals surface area contributed by atoms with Crippen molar-refractivity contribution in [3.05, 3.63) is 105 Å². The minimum Gasteiger partial charge on any atom is -0.481 e. The smallest absolute Gasteiger partial charge is 0.304 e. The van der Waals surface area contributed by atoms with Crippen LogP contribution in [0.5, 0.6) is 0 Å². The van der Waals surface area contributed by atoms with Crippen molar-refractivity contribution in [3.63, 3.8) is 0 Å². The van der Waals surface area contributed by atoms with E-state index in [0.29, 0.717) is 15.6 Å². The highest BCUT2D eigenvalue weighted by Crippen LogP contribution is 2.55. The van der Waals surface area contributed by atoms with E-state index < -0.39 is 40.0 Å². The van der Waals surface area contributed by atoms with Gasteiger partial charge in [0.05, 0.1) is 17.4 Å². The number of carboxylic acids is 1.